The number of hydrogen-bond acceptors (Lipinski definition) is 5. The van der Waals surface area contributed by atoms with Crippen molar-refractivity contribution in [2.45, 2.75) is 39.7 Å². The summed E-state index contributed by atoms with van der Waals surface area (Å²) in [7, 11) is 2.04. The fraction of sp³-hybridized carbons (Fsp3) is 0.944. The van der Waals surface area contributed by atoms with Gasteiger partial charge in [-0.05, 0) is 59.7 Å². The molecule has 0 bridgehead atoms. The third-order valence-corrected chi connectivity index (χ3v) is 5.04. The highest BCUT2D eigenvalue weighted by Gasteiger charge is 2.24. The van der Waals surface area contributed by atoms with E-state index in [-0.39, 0.29) is 0 Å². The number of nitrogens with one attached hydrogen (secondary N) is 1. The average molecular weight is 327 g/mol. The lowest BCUT2D eigenvalue weighted by Crippen LogP contribution is -2.50. The molecule has 0 amide bonds. The Bertz CT molecular complexity index is 295. The summed E-state index contributed by atoms with van der Waals surface area (Å²) in [5.74, 6) is 0.939. The molecule has 0 aromatic rings. The van der Waals surface area contributed by atoms with Crippen molar-refractivity contribution in [3.8, 4) is 0 Å². The van der Waals surface area contributed by atoms with Crippen LogP contribution in [-0.4, -0.2) is 93.0 Å². The average Bonchev–Trinajstić information content (AvgIpc) is 2.55. The molecule has 0 radical (unpaired) electrons. The number of likely N-dealkylation sites (tertiary alicyclic amines) is 1. The minimum atomic E-state index is 0.728. The van der Waals surface area contributed by atoms with E-state index in [0.717, 1.165) is 24.8 Å². The number of likely N-dealkylation sites (N-methyl/N-ethyl adjacent to an activating group) is 1. The molecule has 0 aromatic heterocycles. The maximum Gasteiger partial charge on any atom is 0.116 e. The van der Waals surface area contributed by atoms with Crippen LogP contribution in [0.15, 0.2) is 0 Å². The fourth-order valence-corrected chi connectivity index (χ4v) is 3.48. The summed E-state index contributed by atoms with van der Waals surface area (Å²) in [4.78, 5) is 16.7. The zero-order valence-electron chi connectivity index (χ0n) is 15.8. The highest BCUT2D eigenvalue weighted by atomic mass is 16.1. The number of carbonyl (C=O) groups excluding carboxylic acids is 1. The summed E-state index contributed by atoms with van der Waals surface area (Å²) in [5.41, 5.74) is 0. The predicted molar refractivity (Wildman–Crippen MR) is 98.0 cm³/mol. The van der Waals surface area contributed by atoms with Crippen molar-refractivity contribution >= 4 is 6.29 Å². The lowest BCUT2D eigenvalue weighted by molar-refractivity contribution is -0.106. The van der Waals surface area contributed by atoms with Crippen molar-refractivity contribution in [2.75, 3.05) is 66.0 Å². The molecule has 5 heteroatoms. The van der Waals surface area contributed by atoms with E-state index in [1.165, 1.54) is 72.1 Å². The molecule has 2 fully saturated rings. The highest BCUT2D eigenvalue weighted by Crippen LogP contribution is 2.20. The number of hydrogen-bond donors (Lipinski definition) is 1. The van der Waals surface area contributed by atoms with Crippen molar-refractivity contribution in [3.05, 3.63) is 0 Å². The highest BCUT2D eigenvalue weighted by molar-refractivity contribution is 5.44. The van der Waals surface area contributed by atoms with Gasteiger partial charge in [0.05, 0.1) is 0 Å². The van der Waals surface area contributed by atoms with Crippen LogP contribution in [-0.2, 0) is 4.79 Å². The molecular formula is C18H38N4O. The van der Waals surface area contributed by atoms with Crippen LogP contribution in [0.4, 0.5) is 0 Å². The maximum absolute atomic E-state index is 8.81. The Labute approximate surface area is 143 Å². The smallest absolute Gasteiger partial charge is 0.116 e. The van der Waals surface area contributed by atoms with Crippen LogP contribution >= 0.6 is 0 Å². The molecule has 2 saturated heterocycles. The summed E-state index contributed by atoms with van der Waals surface area (Å²) in [6.07, 6.45) is 3.55. The first-order chi connectivity index (χ1) is 11.1. The Morgan fingerprint density at radius 3 is 2.04 bits per heavy atom. The Morgan fingerprint density at radius 1 is 1.04 bits per heavy atom. The molecule has 2 rings (SSSR count). The lowest BCUT2D eigenvalue weighted by atomic mass is 9.95. The SMILES string of the molecule is CC=O.CNCCN1CCN(CC2CCN(C(C)C)CC2)CC1. The molecule has 2 aliphatic heterocycles. The van der Waals surface area contributed by atoms with E-state index in [4.69, 9.17) is 4.79 Å². The van der Waals surface area contributed by atoms with Gasteiger partial charge in [-0.1, -0.05) is 0 Å². The minimum absolute atomic E-state index is 0.728. The van der Waals surface area contributed by atoms with Gasteiger partial charge in [0.15, 0.2) is 0 Å². The van der Waals surface area contributed by atoms with Gasteiger partial charge in [0.1, 0.15) is 6.29 Å². The van der Waals surface area contributed by atoms with E-state index < -0.39 is 0 Å². The van der Waals surface area contributed by atoms with Gasteiger partial charge in [0, 0.05) is 51.9 Å². The van der Waals surface area contributed by atoms with E-state index >= 15 is 0 Å². The molecule has 2 heterocycles. The lowest BCUT2D eigenvalue weighted by Gasteiger charge is -2.39. The summed E-state index contributed by atoms with van der Waals surface area (Å²) < 4.78 is 0. The first-order valence-corrected chi connectivity index (χ1v) is 9.33. The molecule has 1 N–H and O–H groups in total. The van der Waals surface area contributed by atoms with Crippen molar-refractivity contribution < 1.29 is 4.79 Å². The molecule has 0 aliphatic carbocycles. The Morgan fingerprint density at radius 2 is 1.57 bits per heavy atom. The van der Waals surface area contributed by atoms with E-state index in [1.54, 1.807) is 0 Å². The van der Waals surface area contributed by atoms with E-state index in [9.17, 15) is 0 Å². The molecule has 23 heavy (non-hydrogen) atoms. The van der Waals surface area contributed by atoms with Crippen molar-refractivity contribution in [1.82, 2.24) is 20.0 Å². The van der Waals surface area contributed by atoms with E-state index in [1.807, 2.05) is 7.05 Å². The standard InChI is InChI=1S/C16H34N4.C2H4O/c1-15(2)20-7-4-16(5-8-20)14-19-12-10-18(11-13-19)9-6-17-3;1-2-3/h15-17H,4-14H2,1-3H3;2H,1H3. The molecule has 0 atom stereocenters. The Hall–Kier alpha value is -0.490. The predicted octanol–water partition coefficient (Wildman–Crippen LogP) is 1.15. The van der Waals surface area contributed by atoms with Gasteiger partial charge in [0.25, 0.3) is 0 Å². The number of carbonyl (C=O) groups is 1. The maximum atomic E-state index is 8.81. The van der Waals surface area contributed by atoms with Crippen LogP contribution in [0.1, 0.15) is 33.6 Å². The van der Waals surface area contributed by atoms with Gasteiger partial charge in [-0.2, -0.15) is 0 Å². The van der Waals surface area contributed by atoms with Gasteiger partial charge < -0.3 is 19.9 Å². The first-order valence-electron chi connectivity index (χ1n) is 9.33. The number of piperidine rings is 1. The van der Waals surface area contributed by atoms with Crippen LogP contribution in [0.5, 0.6) is 0 Å². The van der Waals surface area contributed by atoms with Crippen LogP contribution in [0.2, 0.25) is 0 Å². The second kappa shape index (κ2) is 12.0. The first kappa shape index (κ1) is 20.6. The largest absolute Gasteiger partial charge is 0.318 e. The Kier molecular flexibility index (Phi) is 10.7. The molecule has 2 aliphatic rings. The summed E-state index contributed by atoms with van der Waals surface area (Å²) in [6.45, 7) is 17.4. The van der Waals surface area contributed by atoms with Gasteiger partial charge in [-0.3, -0.25) is 4.90 Å². The van der Waals surface area contributed by atoms with Gasteiger partial charge >= 0.3 is 0 Å². The van der Waals surface area contributed by atoms with Crippen LogP contribution < -0.4 is 5.32 Å². The van der Waals surface area contributed by atoms with Crippen molar-refractivity contribution in [3.63, 3.8) is 0 Å². The van der Waals surface area contributed by atoms with Gasteiger partial charge in [-0.15, -0.1) is 0 Å². The summed E-state index contributed by atoms with van der Waals surface area (Å²) in [5, 5.41) is 3.25. The third-order valence-electron chi connectivity index (χ3n) is 5.04. The normalized spacial score (nSPS) is 22.0. The minimum Gasteiger partial charge on any atom is -0.318 e. The zero-order valence-corrected chi connectivity index (χ0v) is 15.8. The molecule has 0 unspecified atom stereocenters. The number of piperazine rings is 1. The van der Waals surface area contributed by atoms with E-state index in [0.29, 0.717) is 0 Å². The fourth-order valence-electron chi connectivity index (χ4n) is 3.48. The van der Waals surface area contributed by atoms with Crippen LogP contribution in [0.25, 0.3) is 0 Å². The quantitative estimate of drug-likeness (QED) is 0.741. The second-order valence-electron chi connectivity index (χ2n) is 7.05. The molecule has 0 spiro atoms. The molecule has 0 saturated carbocycles. The summed E-state index contributed by atoms with van der Waals surface area (Å²) >= 11 is 0. The summed E-state index contributed by atoms with van der Waals surface area (Å²) in [6, 6.07) is 0.728. The third kappa shape index (κ3) is 8.25. The zero-order chi connectivity index (χ0) is 17.1. The van der Waals surface area contributed by atoms with Crippen molar-refractivity contribution in [1.29, 1.82) is 0 Å². The van der Waals surface area contributed by atoms with Gasteiger partial charge in [0.2, 0.25) is 0 Å². The number of nitrogens with zero attached hydrogens (tertiary/aromatic N) is 3. The van der Waals surface area contributed by atoms with Crippen LogP contribution in [0.3, 0.4) is 0 Å². The number of rotatable bonds is 6. The van der Waals surface area contributed by atoms with Gasteiger partial charge in [-0.25, -0.2) is 0 Å². The Balaban J connectivity index is 0.000000816. The molecular weight excluding hydrogens is 288 g/mol. The molecule has 0 aromatic carbocycles. The molecule has 136 valence electrons. The molecule has 5 nitrogen and oxygen atoms in total. The monoisotopic (exact) mass is 326 g/mol. The van der Waals surface area contributed by atoms with Crippen LogP contribution in [0, 0.1) is 5.92 Å². The van der Waals surface area contributed by atoms with Crippen molar-refractivity contribution in [2.24, 2.45) is 5.92 Å². The number of aldehydes is 1. The topological polar surface area (TPSA) is 38.8 Å². The second-order valence-corrected chi connectivity index (χ2v) is 7.05. The van der Waals surface area contributed by atoms with E-state index in [2.05, 4.69) is 33.9 Å².